The zero-order valence-corrected chi connectivity index (χ0v) is 25.1. The summed E-state index contributed by atoms with van der Waals surface area (Å²) < 4.78 is 13.8. The molecule has 1 aromatic heterocycles. The maximum absolute atomic E-state index is 13.9. The number of carbonyl (C=O) groups excluding carboxylic acids is 1. The van der Waals surface area contributed by atoms with Crippen LogP contribution in [0.3, 0.4) is 0 Å². The van der Waals surface area contributed by atoms with Gasteiger partial charge < -0.3 is 5.32 Å². The highest BCUT2D eigenvalue weighted by Crippen LogP contribution is 2.34. The van der Waals surface area contributed by atoms with E-state index in [9.17, 15) is 9.18 Å². The van der Waals surface area contributed by atoms with Gasteiger partial charge in [-0.2, -0.15) is 4.80 Å². The Morgan fingerprint density at radius 3 is 1.93 bits per heavy atom. The molecule has 6 nitrogen and oxygen atoms in total. The Hall–Kier alpha value is -3.09. The second kappa shape index (κ2) is 16.2. The molecule has 3 aromatic rings. The van der Waals surface area contributed by atoms with Crippen molar-refractivity contribution < 1.29 is 9.18 Å². The summed E-state index contributed by atoms with van der Waals surface area (Å²) in [5.41, 5.74) is 3.62. The maximum atomic E-state index is 13.9. The summed E-state index contributed by atoms with van der Waals surface area (Å²) in [5, 5.41) is 16.3. The fourth-order valence-electron chi connectivity index (χ4n) is 5.17. The summed E-state index contributed by atoms with van der Waals surface area (Å²) in [5.74, 6) is -0.615. The van der Waals surface area contributed by atoms with Gasteiger partial charge in [0.1, 0.15) is 11.7 Å². The van der Waals surface area contributed by atoms with Crippen molar-refractivity contribution in [3.63, 3.8) is 0 Å². The highest BCUT2D eigenvalue weighted by molar-refractivity contribution is 5.99. The Morgan fingerprint density at radius 1 is 0.825 bits per heavy atom. The first-order valence-electron chi connectivity index (χ1n) is 15.3. The monoisotopic (exact) mass is 549 g/mol. The smallest absolute Gasteiger partial charge is 0.239 e. The first-order chi connectivity index (χ1) is 19.3. The third kappa shape index (κ3) is 9.24. The van der Waals surface area contributed by atoms with Crippen LogP contribution in [0.15, 0.2) is 42.5 Å². The van der Waals surface area contributed by atoms with Crippen molar-refractivity contribution in [1.29, 1.82) is 0 Å². The molecule has 0 bridgehead atoms. The number of amides is 1. The Morgan fingerprint density at radius 2 is 1.38 bits per heavy atom. The van der Waals surface area contributed by atoms with Crippen molar-refractivity contribution >= 4 is 11.6 Å². The minimum atomic E-state index is -0.803. The van der Waals surface area contributed by atoms with Gasteiger partial charge in [0, 0.05) is 5.69 Å². The number of unbranched alkanes of at least 4 members (excludes halogenated alkanes) is 9. The van der Waals surface area contributed by atoms with Crippen molar-refractivity contribution in [3.05, 3.63) is 70.8 Å². The Kier molecular flexibility index (Phi) is 12.8. The lowest BCUT2D eigenvalue weighted by atomic mass is 9.91. The van der Waals surface area contributed by atoms with Crippen LogP contribution in [0.2, 0.25) is 0 Å². The number of hydrogen-bond acceptors (Lipinski definition) is 4. The number of benzene rings is 2. The molecule has 0 saturated carbocycles. The number of rotatable bonds is 17. The van der Waals surface area contributed by atoms with E-state index in [4.69, 9.17) is 0 Å². The molecule has 1 amide bonds. The van der Waals surface area contributed by atoms with E-state index in [1.165, 1.54) is 63.5 Å². The van der Waals surface area contributed by atoms with Gasteiger partial charge in [0.2, 0.25) is 5.91 Å². The maximum Gasteiger partial charge on any atom is 0.239 e. The van der Waals surface area contributed by atoms with E-state index in [0.717, 1.165) is 29.7 Å². The molecule has 3 rings (SSSR count). The normalized spacial score (nSPS) is 12.3. The second-order valence-electron chi connectivity index (χ2n) is 11.5. The van der Waals surface area contributed by atoms with E-state index in [0.29, 0.717) is 17.9 Å². The average Bonchev–Trinajstić information content (AvgIpc) is 3.39. The lowest BCUT2D eigenvalue weighted by Crippen LogP contribution is -2.25. The van der Waals surface area contributed by atoms with Gasteiger partial charge >= 0.3 is 0 Å². The van der Waals surface area contributed by atoms with Crippen LogP contribution in [0, 0.1) is 5.82 Å². The standard InChI is InChI=1S/C33H48FN5O/c1-6-7-8-9-10-11-12-13-14-15-23-39-37-32(36-38-39)30(26-19-21-27(34)22-20-26)33(40)35-31-28(24(2)3)17-16-18-29(31)25(4)5/h16-22,24-25,30H,6-15,23H2,1-5H3,(H,35,40). The van der Waals surface area contributed by atoms with Gasteiger partial charge in [0.05, 0.1) is 6.54 Å². The van der Waals surface area contributed by atoms with Crippen molar-refractivity contribution in [1.82, 2.24) is 20.2 Å². The summed E-state index contributed by atoms with van der Waals surface area (Å²) in [4.78, 5) is 15.5. The van der Waals surface area contributed by atoms with Crippen LogP contribution in [-0.2, 0) is 11.3 Å². The van der Waals surface area contributed by atoms with Gasteiger partial charge in [0.15, 0.2) is 5.82 Å². The molecule has 218 valence electrons. The molecule has 1 N–H and O–H groups in total. The van der Waals surface area contributed by atoms with Gasteiger partial charge in [-0.05, 0) is 52.3 Å². The van der Waals surface area contributed by atoms with Crippen LogP contribution in [0.5, 0.6) is 0 Å². The Balaban J connectivity index is 1.69. The van der Waals surface area contributed by atoms with Crippen molar-refractivity contribution in [2.24, 2.45) is 0 Å². The van der Waals surface area contributed by atoms with E-state index in [2.05, 4.69) is 67.5 Å². The summed E-state index contributed by atoms with van der Waals surface area (Å²) in [7, 11) is 0. The van der Waals surface area contributed by atoms with Crippen molar-refractivity contribution in [3.8, 4) is 0 Å². The molecule has 0 radical (unpaired) electrons. The van der Waals surface area contributed by atoms with Gasteiger partial charge in [-0.3, -0.25) is 4.79 Å². The van der Waals surface area contributed by atoms with E-state index < -0.39 is 5.92 Å². The zero-order valence-electron chi connectivity index (χ0n) is 25.1. The number of aryl methyl sites for hydroxylation is 1. The number of carbonyl (C=O) groups is 1. The van der Waals surface area contributed by atoms with E-state index in [1.807, 2.05) is 6.07 Å². The summed E-state index contributed by atoms with van der Waals surface area (Å²) in [6.07, 6.45) is 12.6. The van der Waals surface area contributed by atoms with Crippen molar-refractivity contribution in [2.75, 3.05) is 5.32 Å². The largest absolute Gasteiger partial charge is 0.325 e. The summed E-state index contributed by atoms with van der Waals surface area (Å²) >= 11 is 0. The molecule has 1 heterocycles. The fourth-order valence-corrected chi connectivity index (χ4v) is 5.17. The molecule has 7 heteroatoms. The predicted molar refractivity (Wildman–Crippen MR) is 161 cm³/mol. The fraction of sp³-hybridized carbons (Fsp3) is 0.576. The Bertz CT molecular complexity index is 1150. The number of hydrogen-bond donors (Lipinski definition) is 1. The van der Waals surface area contributed by atoms with Gasteiger partial charge in [-0.25, -0.2) is 4.39 Å². The number of nitrogens with zero attached hydrogens (tertiary/aromatic N) is 4. The first-order valence-corrected chi connectivity index (χ1v) is 15.3. The van der Waals surface area contributed by atoms with Crippen LogP contribution in [-0.4, -0.2) is 26.1 Å². The molecule has 1 unspecified atom stereocenters. The van der Waals surface area contributed by atoms with E-state index >= 15 is 0 Å². The molecule has 1 atom stereocenters. The highest BCUT2D eigenvalue weighted by Gasteiger charge is 2.29. The van der Waals surface area contributed by atoms with Gasteiger partial charge in [-0.1, -0.05) is 123 Å². The second-order valence-corrected chi connectivity index (χ2v) is 11.5. The van der Waals surface area contributed by atoms with E-state index in [-0.39, 0.29) is 23.6 Å². The quantitative estimate of drug-likeness (QED) is 0.171. The van der Waals surface area contributed by atoms with Gasteiger partial charge in [-0.15, -0.1) is 10.2 Å². The Labute approximate surface area is 240 Å². The number of para-hydroxylation sites is 1. The molecule has 0 aliphatic rings. The molecule has 0 aliphatic carbocycles. The molecule has 40 heavy (non-hydrogen) atoms. The predicted octanol–water partition coefficient (Wildman–Crippen LogP) is 8.75. The number of aromatic nitrogens is 4. The minimum absolute atomic E-state index is 0.235. The van der Waals surface area contributed by atoms with Crippen LogP contribution in [0.1, 0.15) is 139 Å². The van der Waals surface area contributed by atoms with Crippen molar-refractivity contribution in [2.45, 2.75) is 123 Å². The van der Waals surface area contributed by atoms with Crippen LogP contribution in [0.25, 0.3) is 0 Å². The highest BCUT2D eigenvalue weighted by atomic mass is 19.1. The number of nitrogens with one attached hydrogen (secondary N) is 1. The van der Waals surface area contributed by atoms with Crippen LogP contribution in [0.4, 0.5) is 10.1 Å². The minimum Gasteiger partial charge on any atom is -0.325 e. The van der Waals surface area contributed by atoms with Gasteiger partial charge in [0.25, 0.3) is 0 Å². The lowest BCUT2D eigenvalue weighted by molar-refractivity contribution is -0.116. The third-order valence-electron chi connectivity index (χ3n) is 7.52. The molecular formula is C33H48FN5O. The van der Waals surface area contributed by atoms with Crippen LogP contribution >= 0.6 is 0 Å². The molecule has 0 spiro atoms. The first kappa shape index (κ1) is 31.4. The topological polar surface area (TPSA) is 72.7 Å². The number of anilines is 1. The van der Waals surface area contributed by atoms with Crippen LogP contribution < -0.4 is 5.32 Å². The molecule has 0 aliphatic heterocycles. The summed E-state index contributed by atoms with van der Waals surface area (Å²) in [6, 6.07) is 12.1. The van der Waals surface area contributed by atoms with E-state index in [1.54, 1.807) is 16.9 Å². The summed E-state index contributed by atoms with van der Waals surface area (Å²) in [6.45, 7) is 11.4. The molecule has 2 aromatic carbocycles. The average molecular weight is 550 g/mol. The SMILES string of the molecule is CCCCCCCCCCCCn1nnc(C(C(=O)Nc2c(C(C)C)cccc2C(C)C)c2ccc(F)cc2)n1. The molecular weight excluding hydrogens is 501 g/mol. The lowest BCUT2D eigenvalue weighted by Gasteiger charge is -2.22. The molecule has 0 saturated heterocycles. The molecule has 0 fully saturated rings. The third-order valence-corrected chi connectivity index (χ3v) is 7.52. The number of tetrazole rings is 1. The number of halogens is 1. The zero-order chi connectivity index (χ0) is 28.9.